The Morgan fingerprint density at radius 1 is 0.931 bits per heavy atom. The molecular formula is C21H13N7S. The Hall–Kier alpha value is -3.91. The highest BCUT2D eigenvalue weighted by molar-refractivity contribution is 7.13. The smallest absolute Gasteiger partial charge is 0.159 e. The Morgan fingerprint density at radius 3 is 2.79 bits per heavy atom. The Kier molecular flexibility index (Phi) is 3.50. The first-order valence-corrected chi connectivity index (χ1v) is 9.87. The third-order valence-corrected chi connectivity index (χ3v) is 5.72. The van der Waals surface area contributed by atoms with E-state index in [-0.39, 0.29) is 0 Å². The molecule has 7 nitrogen and oxygen atoms in total. The monoisotopic (exact) mass is 395 g/mol. The molecule has 0 radical (unpaired) electrons. The number of aromatic amines is 2. The number of pyridine rings is 3. The molecule has 2 N–H and O–H groups in total. The van der Waals surface area contributed by atoms with E-state index in [9.17, 15) is 0 Å². The maximum Gasteiger partial charge on any atom is 0.159 e. The van der Waals surface area contributed by atoms with Crippen molar-refractivity contribution in [2.75, 3.05) is 0 Å². The summed E-state index contributed by atoms with van der Waals surface area (Å²) in [6, 6.07) is 10.1. The van der Waals surface area contributed by atoms with E-state index in [1.54, 1.807) is 23.7 Å². The predicted octanol–water partition coefficient (Wildman–Crippen LogP) is 4.69. The first-order chi connectivity index (χ1) is 14.4. The second-order valence-electron chi connectivity index (χ2n) is 6.58. The van der Waals surface area contributed by atoms with Crippen LogP contribution in [-0.2, 0) is 0 Å². The molecule has 0 aliphatic carbocycles. The normalized spacial score (nSPS) is 11.4. The summed E-state index contributed by atoms with van der Waals surface area (Å²) in [6.45, 7) is 0. The van der Waals surface area contributed by atoms with Crippen molar-refractivity contribution in [3.63, 3.8) is 0 Å². The number of nitrogens with zero attached hydrogens (tertiary/aromatic N) is 5. The van der Waals surface area contributed by atoms with Crippen LogP contribution in [0.25, 0.3) is 55.2 Å². The van der Waals surface area contributed by atoms with Gasteiger partial charge in [-0.05, 0) is 23.6 Å². The Labute approximate surface area is 168 Å². The summed E-state index contributed by atoms with van der Waals surface area (Å²) in [5, 5.41) is 10.4. The molecule has 0 unspecified atom stereocenters. The minimum Gasteiger partial charge on any atom is -0.335 e. The maximum atomic E-state index is 4.85. The number of nitrogens with one attached hydrogen (secondary N) is 2. The van der Waals surface area contributed by atoms with Crippen molar-refractivity contribution in [1.29, 1.82) is 0 Å². The lowest BCUT2D eigenvalue weighted by Crippen LogP contribution is -1.84. The second-order valence-corrected chi connectivity index (χ2v) is 7.53. The van der Waals surface area contributed by atoms with Gasteiger partial charge in [0, 0.05) is 46.4 Å². The molecule has 29 heavy (non-hydrogen) atoms. The van der Waals surface area contributed by atoms with Gasteiger partial charge in [0.25, 0.3) is 0 Å². The van der Waals surface area contributed by atoms with Gasteiger partial charge in [0.2, 0.25) is 0 Å². The zero-order chi connectivity index (χ0) is 19.2. The Bertz CT molecular complexity index is 1450. The summed E-state index contributed by atoms with van der Waals surface area (Å²) in [5.41, 5.74) is 6.18. The van der Waals surface area contributed by atoms with Gasteiger partial charge in [0.15, 0.2) is 11.5 Å². The quantitative estimate of drug-likeness (QED) is 0.453. The van der Waals surface area contributed by atoms with Gasteiger partial charge < -0.3 is 4.98 Å². The van der Waals surface area contributed by atoms with Gasteiger partial charge in [-0.3, -0.25) is 15.1 Å². The minimum absolute atomic E-state index is 0.683. The first-order valence-electron chi connectivity index (χ1n) is 8.99. The zero-order valence-corrected chi connectivity index (χ0v) is 15.8. The summed E-state index contributed by atoms with van der Waals surface area (Å²) in [5.74, 6) is 0.683. The van der Waals surface area contributed by atoms with Crippen molar-refractivity contribution in [2.24, 2.45) is 0 Å². The average Bonchev–Trinajstić information content (AvgIpc) is 3.52. The summed E-state index contributed by atoms with van der Waals surface area (Å²) in [4.78, 5) is 22.4. The molecule has 0 aliphatic heterocycles. The van der Waals surface area contributed by atoms with Crippen molar-refractivity contribution in [3.05, 3.63) is 66.7 Å². The average molecular weight is 395 g/mol. The lowest BCUT2D eigenvalue weighted by atomic mass is 10.1. The SMILES string of the molecule is c1cncc(-c2cnc3[nH]nc(-c4nc5c(-c6cccs6)cncc5[nH]4)c3c2)c1. The largest absolute Gasteiger partial charge is 0.335 e. The van der Waals surface area contributed by atoms with Crippen LogP contribution >= 0.6 is 11.3 Å². The first kappa shape index (κ1) is 16.1. The molecule has 138 valence electrons. The van der Waals surface area contributed by atoms with Gasteiger partial charge >= 0.3 is 0 Å². The van der Waals surface area contributed by atoms with Crippen LogP contribution in [0.1, 0.15) is 0 Å². The van der Waals surface area contributed by atoms with Gasteiger partial charge in [0.05, 0.1) is 17.1 Å². The van der Waals surface area contributed by atoms with Crippen LogP contribution in [0.2, 0.25) is 0 Å². The number of rotatable bonds is 3. The van der Waals surface area contributed by atoms with Crippen molar-refractivity contribution < 1.29 is 0 Å². The predicted molar refractivity (Wildman–Crippen MR) is 113 cm³/mol. The molecule has 8 heteroatoms. The highest BCUT2D eigenvalue weighted by atomic mass is 32.1. The van der Waals surface area contributed by atoms with Crippen molar-refractivity contribution >= 4 is 33.4 Å². The highest BCUT2D eigenvalue weighted by Gasteiger charge is 2.16. The van der Waals surface area contributed by atoms with Gasteiger partial charge in [-0.25, -0.2) is 9.97 Å². The molecule has 0 saturated heterocycles. The minimum atomic E-state index is 0.683. The molecule has 6 rings (SSSR count). The molecular weight excluding hydrogens is 382 g/mol. The standard InChI is InChI=1S/C21H13N7S/c1-3-12(8-22-5-1)13-7-14-19(27-28-20(14)24-9-13)21-25-16-11-23-10-15(18(16)26-21)17-4-2-6-29-17/h1-11H,(H,25,26)(H,24,27,28). The summed E-state index contributed by atoms with van der Waals surface area (Å²) in [6.07, 6.45) is 9.04. The lowest BCUT2D eigenvalue weighted by Gasteiger charge is -2.00. The van der Waals surface area contributed by atoms with Gasteiger partial charge in [-0.2, -0.15) is 5.10 Å². The maximum absolute atomic E-state index is 4.85. The van der Waals surface area contributed by atoms with Gasteiger partial charge in [0.1, 0.15) is 11.2 Å². The highest BCUT2D eigenvalue weighted by Crippen LogP contribution is 2.33. The molecule has 0 saturated carbocycles. The van der Waals surface area contributed by atoms with Crippen LogP contribution in [0, 0.1) is 0 Å². The summed E-state index contributed by atoms with van der Waals surface area (Å²) >= 11 is 1.67. The second kappa shape index (κ2) is 6.32. The van der Waals surface area contributed by atoms with Crippen LogP contribution < -0.4 is 0 Å². The molecule has 0 aliphatic rings. The zero-order valence-electron chi connectivity index (χ0n) is 15.0. The molecule has 0 bridgehead atoms. The number of thiophene rings is 1. The number of imidazole rings is 1. The van der Waals surface area contributed by atoms with E-state index >= 15 is 0 Å². The van der Waals surface area contributed by atoms with E-state index < -0.39 is 0 Å². The summed E-state index contributed by atoms with van der Waals surface area (Å²) in [7, 11) is 0. The number of hydrogen-bond acceptors (Lipinski definition) is 6. The van der Waals surface area contributed by atoms with Crippen LogP contribution in [0.3, 0.4) is 0 Å². The fourth-order valence-electron chi connectivity index (χ4n) is 3.43. The Balaban J connectivity index is 1.53. The molecule has 0 aromatic carbocycles. The third kappa shape index (κ3) is 2.61. The van der Waals surface area contributed by atoms with E-state index in [4.69, 9.17) is 4.98 Å². The number of H-pyrrole nitrogens is 2. The number of fused-ring (bicyclic) bond motifs is 2. The van der Waals surface area contributed by atoms with Crippen LogP contribution in [0.4, 0.5) is 0 Å². The molecule has 6 heterocycles. The topological polar surface area (TPSA) is 96.0 Å². The van der Waals surface area contributed by atoms with Crippen molar-refractivity contribution in [1.82, 2.24) is 35.1 Å². The number of hydrogen-bond donors (Lipinski definition) is 2. The number of aromatic nitrogens is 7. The molecule has 0 spiro atoms. The van der Waals surface area contributed by atoms with Gasteiger partial charge in [-0.1, -0.05) is 12.1 Å². The van der Waals surface area contributed by atoms with Crippen LogP contribution in [0.5, 0.6) is 0 Å². The van der Waals surface area contributed by atoms with Crippen LogP contribution in [-0.4, -0.2) is 35.1 Å². The van der Waals surface area contributed by atoms with E-state index in [0.717, 1.165) is 43.7 Å². The van der Waals surface area contributed by atoms with Crippen LogP contribution in [0.15, 0.2) is 66.7 Å². The Morgan fingerprint density at radius 2 is 1.93 bits per heavy atom. The van der Waals surface area contributed by atoms with E-state index in [0.29, 0.717) is 11.5 Å². The van der Waals surface area contributed by atoms with Crippen molar-refractivity contribution in [3.8, 4) is 33.1 Å². The van der Waals surface area contributed by atoms with E-state index in [1.165, 1.54) is 0 Å². The van der Waals surface area contributed by atoms with E-state index in [2.05, 4.69) is 47.6 Å². The molecule has 0 amide bonds. The fourth-order valence-corrected chi connectivity index (χ4v) is 4.17. The lowest BCUT2D eigenvalue weighted by molar-refractivity contribution is 1.09. The van der Waals surface area contributed by atoms with E-state index in [1.807, 2.05) is 36.8 Å². The molecule has 0 atom stereocenters. The van der Waals surface area contributed by atoms with Crippen molar-refractivity contribution in [2.45, 2.75) is 0 Å². The van der Waals surface area contributed by atoms with Gasteiger partial charge in [-0.15, -0.1) is 11.3 Å². The molecule has 6 aromatic rings. The molecule has 6 aromatic heterocycles. The fraction of sp³-hybridized carbons (Fsp3) is 0. The summed E-state index contributed by atoms with van der Waals surface area (Å²) < 4.78 is 0. The molecule has 0 fully saturated rings. The third-order valence-electron chi connectivity index (χ3n) is 4.82.